The molecule has 1 heterocycles. The number of alkyl halides is 3. The van der Waals surface area contributed by atoms with Gasteiger partial charge in [0.15, 0.2) is 0 Å². The average molecular weight is 248 g/mol. The Labute approximate surface area is 98.0 Å². The van der Waals surface area contributed by atoms with E-state index in [1.54, 1.807) is 12.1 Å². The summed E-state index contributed by atoms with van der Waals surface area (Å²) >= 11 is 0. The average Bonchev–Trinajstić information content (AvgIpc) is 2.25. The fourth-order valence-electron chi connectivity index (χ4n) is 1.18. The number of rotatable bonds is 6. The van der Waals surface area contributed by atoms with Gasteiger partial charge in [-0.05, 0) is 12.6 Å². The molecule has 96 valence electrons. The molecular formula is C11H15F3N2O. The fourth-order valence-corrected chi connectivity index (χ4v) is 1.18. The maximum atomic E-state index is 11.9. The molecule has 0 atom stereocenters. The molecule has 0 aliphatic carbocycles. The summed E-state index contributed by atoms with van der Waals surface area (Å²) < 4.78 is 40.7. The van der Waals surface area contributed by atoms with E-state index >= 15 is 0 Å². The molecule has 0 radical (unpaired) electrons. The highest BCUT2D eigenvalue weighted by atomic mass is 19.4. The van der Waals surface area contributed by atoms with Crippen molar-refractivity contribution in [2.24, 2.45) is 0 Å². The van der Waals surface area contributed by atoms with Crippen LogP contribution in [0.4, 0.5) is 13.2 Å². The van der Waals surface area contributed by atoms with Crippen LogP contribution in [-0.4, -0.2) is 24.3 Å². The number of nitrogens with one attached hydrogen (secondary N) is 1. The molecule has 0 bridgehead atoms. The number of nitrogens with zero attached hydrogens (tertiary/aromatic N) is 1. The number of halogens is 3. The predicted octanol–water partition coefficient (Wildman–Crippen LogP) is 2.52. The van der Waals surface area contributed by atoms with Crippen LogP contribution in [0.3, 0.4) is 0 Å². The standard InChI is InChI=1S/C11H15F3N2O/c1-2-15-8-9-7-10(3-5-16-9)17-6-4-11(12,13)14/h3,5,7,15H,2,4,6,8H2,1H3. The van der Waals surface area contributed by atoms with Gasteiger partial charge in [-0.15, -0.1) is 0 Å². The van der Waals surface area contributed by atoms with Crippen molar-refractivity contribution in [3.63, 3.8) is 0 Å². The lowest BCUT2D eigenvalue weighted by molar-refractivity contribution is -0.139. The molecule has 0 unspecified atom stereocenters. The van der Waals surface area contributed by atoms with E-state index in [4.69, 9.17) is 4.74 Å². The van der Waals surface area contributed by atoms with Crippen molar-refractivity contribution in [2.75, 3.05) is 13.2 Å². The van der Waals surface area contributed by atoms with Crippen LogP contribution in [0, 0.1) is 0 Å². The van der Waals surface area contributed by atoms with E-state index in [2.05, 4.69) is 10.3 Å². The van der Waals surface area contributed by atoms with Crippen LogP contribution >= 0.6 is 0 Å². The van der Waals surface area contributed by atoms with Gasteiger partial charge < -0.3 is 10.1 Å². The van der Waals surface area contributed by atoms with E-state index < -0.39 is 12.6 Å². The number of hydrogen-bond acceptors (Lipinski definition) is 3. The first-order valence-corrected chi connectivity index (χ1v) is 5.36. The van der Waals surface area contributed by atoms with Crippen LogP contribution in [-0.2, 0) is 6.54 Å². The molecule has 0 saturated carbocycles. The molecule has 3 nitrogen and oxygen atoms in total. The molecule has 0 aromatic carbocycles. The minimum Gasteiger partial charge on any atom is -0.493 e. The second-order valence-corrected chi connectivity index (χ2v) is 3.48. The molecule has 0 spiro atoms. The number of ether oxygens (including phenoxy) is 1. The fraction of sp³-hybridized carbons (Fsp3) is 0.545. The van der Waals surface area contributed by atoms with Crippen molar-refractivity contribution in [1.29, 1.82) is 0 Å². The molecule has 0 aliphatic heterocycles. The molecule has 0 aliphatic rings. The SMILES string of the molecule is CCNCc1cc(OCCC(F)(F)F)ccn1. The van der Waals surface area contributed by atoms with Crippen LogP contribution in [0.1, 0.15) is 19.0 Å². The van der Waals surface area contributed by atoms with Crippen LogP contribution in [0.5, 0.6) is 5.75 Å². The topological polar surface area (TPSA) is 34.1 Å². The Morgan fingerprint density at radius 2 is 2.18 bits per heavy atom. The number of hydrogen-bond donors (Lipinski definition) is 1. The summed E-state index contributed by atoms with van der Waals surface area (Å²) in [5.41, 5.74) is 0.747. The Morgan fingerprint density at radius 3 is 2.82 bits per heavy atom. The van der Waals surface area contributed by atoms with Gasteiger partial charge in [0.1, 0.15) is 5.75 Å². The summed E-state index contributed by atoms with van der Waals surface area (Å²) in [6.45, 7) is 2.98. The summed E-state index contributed by atoms with van der Waals surface area (Å²) in [6.07, 6.45) is -3.60. The second-order valence-electron chi connectivity index (χ2n) is 3.48. The first kappa shape index (κ1) is 13.8. The molecular weight excluding hydrogens is 233 g/mol. The largest absolute Gasteiger partial charge is 0.493 e. The van der Waals surface area contributed by atoms with Gasteiger partial charge in [0, 0.05) is 18.8 Å². The highest BCUT2D eigenvalue weighted by Gasteiger charge is 2.26. The third-order valence-electron chi connectivity index (χ3n) is 2.00. The number of pyridine rings is 1. The third-order valence-corrected chi connectivity index (χ3v) is 2.00. The van der Waals surface area contributed by atoms with E-state index in [1.165, 1.54) is 6.20 Å². The lowest BCUT2D eigenvalue weighted by Crippen LogP contribution is -2.14. The Morgan fingerprint density at radius 1 is 1.41 bits per heavy atom. The van der Waals surface area contributed by atoms with Crippen LogP contribution in [0.2, 0.25) is 0 Å². The molecule has 1 rings (SSSR count). The summed E-state index contributed by atoms with van der Waals surface area (Å²) in [4.78, 5) is 4.07. The van der Waals surface area contributed by atoms with Crippen molar-refractivity contribution in [3.05, 3.63) is 24.0 Å². The van der Waals surface area contributed by atoms with Gasteiger partial charge in [-0.2, -0.15) is 13.2 Å². The van der Waals surface area contributed by atoms with Crippen LogP contribution in [0.25, 0.3) is 0 Å². The smallest absolute Gasteiger partial charge is 0.392 e. The maximum Gasteiger partial charge on any atom is 0.392 e. The zero-order valence-corrected chi connectivity index (χ0v) is 9.55. The maximum absolute atomic E-state index is 11.9. The predicted molar refractivity (Wildman–Crippen MR) is 57.8 cm³/mol. The summed E-state index contributed by atoms with van der Waals surface area (Å²) in [7, 11) is 0. The summed E-state index contributed by atoms with van der Waals surface area (Å²) in [6, 6.07) is 3.19. The Balaban J connectivity index is 2.43. The molecule has 0 saturated heterocycles. The molecule has 1 aromatic rings. The van der Waals surface area contributed by atoms with E-state index in [0.29, 0.717) is 12.3 Å². The van der Waals surface area contributed by atoms with Crippen molar-refractivity contribution in [1.82, 2.24) is 10.3 Å². The normalized spacial score (nSPS) is 11.5. The van der Waals surface area contributed by atoms with Crippen LogP contribution < -0.4 is 10.1 Å². The summed E-state index contributed by atoms with van der Waals surface area (Å²) in [5, 5.41) is 3.07. The van der Waals surface area contributed by atoms with Gasteiger partial charge >= 0.3 is 6.18 Å². The van der Waals surface area contributed by atoms with Crippen molar-refractivity contribution in [3.8, 4) is 5.75 Å². The second kappa shape index (κ2) is 6.44. The van der Waals surface area contributed by atoms with Crippen molar-refractivity contribution < 1.29 is 17.9 Å². The number of aromatic nitrogens is 1. The minimum absolute atomic E-state index is 0.367. The molecule has 0 amide bonds. The minimum atomic E-state index is -4.18. The van der Waals surface area contributed by atoms with Gasteiger partial charge in [0.2, 0.25) is 0 Å². The van der Waals surface area contributed by atoms with E-state index in [-0.39, 0.29) is 6.61 Å². The lowest BCUT2D eigenvalue weighted by Gasteiger charge is -2.09. The molecule has 6 heteroatoms. The monoisotopic (exact) mass is 248 g/mol. The molecule has 17 heavy (non-hydrogen) atoms. The Hall–Kier alpha value is -1.30. The van der Waals surface area contributed by atoms with E-state index in [9.17, 15) is 13.2 Å². The van der Waals surface area contributed by atoms with Gasteiger partial charge in [-0.1, -0.05) is 6.92 Å². The first-order valence-electron chi connectivity index (χ1n) is 5.36. The van der Waals surface area contributed by atoms with Gasteiger partial charge in [-0.3, -0.25) is 4.98 Å². The first-order chi connectivity index (χ1) is 8.01. The van der Waals surface area contributed by atoms with Crippen LogP contribution in [0.15, 0.2) is 18.3 Å². The third kappa shape index (κ3) is 6.11. The quantitative estimate of drug-likeness (QED) is 0.840. The highest BCUT2D eigenvalue weighted by molar-refractivity contribution is 5.22. The zero-order chi connectivity index (χ0) is 12.7. The Kier molecular flexibility index (Phi) is 5.21. The van der Waals surface area contributed by atoms with Gasteiger partial charge in [-0.25, -0.2) is 0 Å². The van der Waals surface area contributed by atoms with Crippen molar-refractivity contribution >= 4 is 0 Å². The zero-order valence-electron chi connectivity index (χ0n) is 9.55. The molecule has 1 aromatic heterocycles. The van der Waals surface area contributed by atoms with E-state index in [1.807, 2.05) is 6.92 Å². The molecule has 1 N–H and O–H groups in total. The van der Waals surface area contributed by atoms with Gasteiger partial charge in [0.25, 0.3) is 0 Å². The van der Waals surface area contributed by atoms with E-state index in [0.717, 1.165) is 12.2 Å². The summed E-state index contributed by atoms with van der Waals surface area (Å²) in [5.74, 6) is 0.414. The lowest BCUT2D eigenvalue weighted by atomic mass is 10.3. The van der Waals surface area contributed by atoms with Gasteiger partial charge in [0.05, 0.1) is 18.7 Å². The highest BCUT2D eigenvalue weighted by Crippen LogP contribution is 2.20. The Bertz CT molecular complexity index is 342. The van der Waals surface area contributed by atoms with Crippen molar-refractivity contribution in [2.45, 2.75) is 26.1 Å². The molecule has 0 fully saturated rings.